The molecular weight excluding hydrogens is 338 g/mol. The zero-order valence-corrected chi connectivity index (χ0v) is 14.0. The second-order valence-electron chi connectivity index (χ2n) is 5.10. The smallest absolute Gasteiger partial charge is 0.303 e. The summed E-state index contributed by atoms with van der Waals surface area (Å²) in [6, 6.07) is 11.1. The second-order valence-corrected chi connectivity index (χ2v) is 7.22. The topological polar surface area (TPSA) is 83.5 Å². The molecule has 0 aromatic heterocycles. The van der Waals surface area contributed by atoms with Gasteiger partial charge in [-0.2, -0.15) is 0 Å². The van der Waals surface area contributed by atoms with Crippen LogP contribution in [-0.2, 0) is 21.2 Å². The lowest BCUT2D eigenvalue weighted by Crippen LogP contribution is -2.13. The first kappa shape index (κ1) is 17.3. The lowest BCUT2D eigenvalue weighted by Gasteiger charge is -2.11. The molecule has 0 unspecified atom stereocenters. The Bertz CT molecular complexity index is 816. The molecule has 122 valence electrons. The van der Waals surface area contributed by atoms with Gasteiger partial charge in [0.1, 0.15) is 0 Å². The van der Waals surface area contributed by atoms with Crippen molar-refractivity contribution >= 4 is 33.3 Å². The number of halogens is 1. The first-order valence-corrected chi connectivity index (χ1v) is 8.74. The van der Waals surface area contributed by atoms with E-state index in [9.17, 15) is 13.2 Å². The van der Waals surface area contributed by atoms with E-state index in [1.54, 1.807) is 37.3 Å². The Kier molecular flexibility index (Phi) is 5.28. The summed E-state index contributed by atoms with van der Waals surface area (Å²) < 4.78 is 27.3. The van der Waals surface area contributed by atoms with E-state index in [2.05, 4.69) is 4.72 Å². The van der Waals surface area contributed by atoms with Crippen molar-refractivity contribution in [3.63, 3.8) is 0 Å². The monoisotopic (exact) mass is 353 g/mol. The summed E-state index contributed by atoms with van der Waals surface area (Å²) in [5.41, 5.74) is 1.95. The Morgan fingerprint density at radius 3 is 2.43 bits per heavy atom. The number of benzene rings is 2. The summed E-state index contributed by atoms with van der Waals surface area (Å²) in [6.45, 7) is 1.78. The number of hydrogen-bond acceptors (Lipinski definition) is 3. The predicted molar refractivity (Wildman–Crippen MR) is 89.4 cm³/mol. The molecule has 23 heavy (non-hydrogen) atoms. The Morgan fingerprint density at radius 2 is 1.83 bits per heavy atom. The van der Waals surface area contributed by atoms with Gasteiger partial charge in [-0.1, -0.05) is 29.8 Å². The normalized spacial score (nSPS) is 11.2. The van der Waals surface area contributed by atoms with Crippen molar-refractivity contribution in [2.75, 3.05) is 4.72 Å². The number of carboxylic acids is 1. The highest BCUT2D eigenvalue weighted by Crippen LogP contribution is 2.23. The molecule has 0 amide bonds. The van der Waals surface area contributed by atoms with Gasteiger partial charge < -0.3 is 5.11 Å². The Hall–Kier alpha value is -2.05. The van der Waals surface area contributed by atoms with Gasteiger partial charge in [-0.15, -0.1) is 0 Å². The maximum atomic E-state index is 12.4. The van der Waals surface area contributed by atoms with Crippen molar-refractivity contribution in [3.05, 3.63) is 58.6 Å². The molecule has 0 fully saturated rings. The van der Waals surface area contributed by atoms with E-state index in [0.29, 0.717) is 17.1 Å². The van der Waals surface area contributed by atoms with Crippen LogP contribution >= 0.6 is 11.6 Å². The van der Waals surface area contributed by atoms with Crippen molar-refractivity contribution < 1.29 is 18.3 Å². The zero-order valence-electron chi connectivity index (χ0n) is 12.4. The van der Waals surface area contributed by atoms with Crippen LogP contribution in [0.5, 0.6) is 0 Å². The van der Waals surface area contributed by atoms with E-state index in [1.165, 1.54) is 12.1 Å². The SMILES string of the molecule is Cc1ccc(Cl)cc1NS(=O)(=O)c1ccc(CCC(=O)O)cc1. The summed E-state index contributed by atoms with van der Waals surface area (Å²) in [6.07, 6.45) is 0.364. The fraction of sp³-hybridized carbons (Fsp3) is 0.188. The number of carbonyl (C=O) groups is 1. The fourth-order valence-electron chi connectivity index (χ4n) is 1.99. The highest BCUT2D eigenvalue weighted by atomic mass is 35.5. The Labute approximate surface area is 140 Å². The molecule has 0 spiro atoms. The number of anilines is 1. The average molecular weight is 354 g/mol. The van der Waals surface area contributed by atoms with Crippen molar-refractivity contribution in [2.45, 2.75) is 24.7 Å². The number of rotatable bonds is 6. The third kappa shape index (κ3) is 4.71. The molecule has 7 heteroatoms. The van der Waals surface area contributed by atoms with E-state index in [0.717, 1.165) is 11.1 Å². The van der Waals surface area contributed by atoms with E-state index in [1.807, 2.05) is 0 Å². The van der Waals surface area contributed by atoms with Crippen LogP contribution in [0.1, 0.15) is 17.5 Å². The fourth-order valence-corrected chi connectivity index (χ4v) is 3.29. The first-order chi connectivity index (χ1) is 10.8. The van der Waals surface area contributed by atoms with Crippen LogP contribution in [0.3, 0.4) is 0 Å². The lowest BCUT2D eigenvalue weighted by molar-refractivity contribution is -0.136. The van der Waals surface area contributed by atoms with E-state index < -0.39 is 16.0 Å². The van der Waals surface area contributed by atoms with Gasteiger partial charge in [-0.05, 0) is 48.7 Å². The number of aliphatic carboxylic acids is 1. The summed E-state index contributed by atoms with van der Waals surface area (Å²) in [5.74, 6) is -0.889. The summed E-state index contributed by atoms with van der Waals surface area (Å²) in [5, 5.41) is 9.10. The van der Waals surface area contributed by atoms with Gasteiger partial charge in [0, 0.05) is 11.4 Å². The van der Waals surface area contributed by atoms with Crippen LogP contribution in [0.4, 0.5) is 5.69 Å². The van der Waals surface area contributed by atoms with Gasteiger partial charge in [-0.25, -0.2) is 8.42 Å². The number of hydrogen-bond donors (Lipinski definition) is 2. The number of nitrogens with one attached hydrogen (secondary N) is 1. The van der Waals surface area contributed by atoms with Crippen LogP contribution in [0.25, 0.3) is 0 Å². The Balaban J connectivity index is 2.19. The molecular formula is C16H16ClNO4S. The van der Waals surface area contributed by atoms with E-state index in [4.69, 9.17) is 16.7 Å². The van der Waals surface area contributed by atoms with Crippen LogP contribution in [0, 0.1) is 6.92 Å². The summed E-state index contributed by atoms with van der Waals surface area (Å²) in [4.78, 5) is 10.7. The minimum atomic E-state index is -3.73. The molecule has 0 aliphatic rings. The molecule has 0 radical (unpaired) electrons. The minimum Gasteiger partial charge on any atom is -0.481 e. The second kappa shape index (κ2) is 7.02. The lowest BCUT2D eigenvalue weighted by atomic mass is 10.1. The number of aryl methyl sites for hydroxylation is 2. The summed E-state index contributed by atoms with van der Waals surface area (Å²) in [7, 11) is -3.73. The molecule has 0 heterocycles. The molecule has 5 nitrogen and oxygen atoms in total. The van der Waals surface area contributed by atoms with Gasteiger partial charge >= 0.3 is 5.97 Å². The van der Waals surface area contributed by atoms with Crippen molar-refractivity contribution in [3.8, 4) is 0 Å². The van der Waals surface area contributed by atoms with Gasteiger partial charge in [0.25, 0.3) is 10.0 Å². The third-order valence-electron chi connectivity index (χ3n) is 3.31. The van der Waals surface area contributed by atoms with E-state index in [-0.39, 0.29) is 11.3 Å². The van der Waals surface area contributed by atoms with Gasteiger partial charge in [0.05, 0.1) is 10.6 Å². The predicted octanol–water partition coefficient (Wildman–Crippen LogP) is 3.47. The van der Waals surface area contributed by atoms with Crippen molar-refractivity contribution in [1.29, 1.82) is 0 Å². The van der Waals surface area contributed by atoms with Crippen LogP contribution in [0.15, 0.2) is 47.4 Å². The van der Waals surface area contributed by atoms with Crippen molar-refractivity contribution in [1.82, 2.24) is 0 Å². The Morgan fingerprint density at radius 1 is 1.17 bits per heavy atom. The van der Waals surface area contributed by atoms with Crippen LogP contribution in [-0.4, -0.2) is 19.5 Å². The molecule has 0 aliphatic heterocycles. The average Bonchev–Trinajstić information content (AvgIpc) is 2.49. The quantitative estimate of drug-likeness (QED) is 0.832. The van der Waals surface area contributed by atoms with Crippen LogP contribution < -0.4 is 4.72 Å². The zero-order chi connectivity index (χ0) is 17.0. The van der Waals surface area contributed by atoms with Crippen LogP contribution in [0.2, 0.25) is 5.02 Å². The maximum Gasteiger partial charge on any atom is 0.303 e. The molecule has 0 saturated heterocycles. The molecule has 2 aromatic carbocycles. The van der Waals surface area contributed by atoms with Crippen molar-refractivity contribution in [2.24, 2.45) is 0 Å². The minimum absolute atomic E-state index is 0.00601. The summed E-state index contributed by atoms with van der Waals surface area (Å²) >= 11 is 5.89. The molecule has 0 aliphatic carbocycles. The van der Waals surface area contributed by atoms with E-state index >= 15 is 0 Å². The molecule has 0 atom stereocenters. The van der Waals surface area contributed by atoms with Gasteiger partial charge in [0.15, 0.2) is 0 Å². The molecule has 2 aromatic rings. The van der Waals surface area contributed by atoms with Gasteiger partial charge in [-0.3, -0.25) is 9.52 Å². The maximum absolute atomic E-state index is 12.4. The molecule has 0 saturated carbocycles. The largest absolute Gasteiger partial charge is 0.481 e. The molecule has 2 rings (SSSR count). The van der Waals surface area contributed by atoms with Gasteiger partial charge in [0.2, 0.25) is 0 Å². The first-order valence-electron chi connectivity index (χ1n) is 6.87. The number of sulfonamides is 1. The molecule has 2 N–H and O–H groups in total. The molecule has 0 bridgehead atoms. The highest BCUT2D eigenvalue weighted by molar-refractivity contribution is 7.92. The third-order valence-corrected chi connectivity index (χ3v) is 4.92. The standard InChI is InChI=1S/C16H16ClNO4S/c1-11-2-6-13(17)10-15(11)18-23(21,22)14-7-3-12(4-8-14)5-9-16(19)20/h2-4,6-8,10,18H,5,9H2,1H3,(H,19,20). The number of carboxylic acid groups (broad SMARTS) is 1. The highest BCUT2D eigenvalue weighted by Gasteiger charge is 2.15.